The number of H-pyrrole nitrogens is 1. The molecule has 0 spiro atoms. The molecule has 28 heavy (non-hydrogen) atoms. The highest BCUT2D eigenvalue weighted by Gasteiger charge is 2.29. The first-order valence-electron chi connectivity index (χ1n) is 9.72. The van der Waals surface area contributed by atoms with E-state index in [1.165, 1.54) is 27.8 Å². The third-order valence-electron chi connectivity index (χ3n) is 5.88. The number of aliphatic hydroxyl groups is 1. The molecule has 0 saturated carbocycles. The summed E-state index contributed by atoms with van der Waals surface area (Å²) in [5, 5.41) is 14.1. The molecule has 0 unspecified atom stereocenters. The van der Waals surface area contributed by atoms with Gasteiger partial charge < -0.3 is 15.4 Å². The monoisotopic (exact) mass is 369 g/mol. The van der Waals surface area contributed by atoms with Crippen LogP contribution in [0.15, 0.2) is 67.0 Å². The van der Waals surface area contributed by atoms with Gasteiger partial charge in [0.15, 0.2) is 0 Å². The zero-order valence-electron chi connectivity index (χ0n) is 15.8. The summed E-state index contributed by atoms with van der Waals surface area (Å²) >= 11 is 0. The van der Waals surface area contributed by atoms with E-state index >= 15 is 0 Å². The minimum Gasteiger partial charge on any atom is -0.387 e. The van der Waals surface area contributed by atoms with Gasteiger partial charge in [-0.05, 0) is 52.8 Å². The summed E-state index contributed by atoms with van der Waals surface area (Å²) in [5.74, 6) is 0. The summed E-state index contributed by atoms with van der Waals surface area (Å²) in [5.41, 5.74) is 9.24. The Hall–Kier alpha value is -2.95. The van der Waals surface area contributed by atoms with Crippen LogP contribution in [0, 0.1) is 6.92 Å². The van der Waals surface area contributed by atoms with Crippen molar-refractivity contribution in [1.82, 2.24) is 15.3 Å². The van der Waals surface area contributed by atoms with Crippen molar-refractivity contribution in [3.8, 4) is 11.1 Å². The number of benzene rings is 3. The number of aromatic nitrogens is 2. The molecule has 0 amide bonds. The lowest BCUT2D eigenvalue weighted by molar-refractivity contribution is 0.141. The van der Waals surface area contributed by atoms with Gasteiger partial charge in [-0.1, -0.05) is 54.6 Å². The Morgan fingerprint density at radius 2 is 1.89 bits per heavy atom. The zero-order valence-corrected chi connectivity index (χ0v) is 15.8. The number of aromatic amines is 1. The Balaban J connectivity index is 1.30. The van der Waals surface area contributed by atoms with Crippen molar-refractivity contribution in [2.75, 3.05) is 0 Å². The molecule has 4 aromatic rings. The fourth-order valence-corrected chi connectivity index (χ4v) is 4.28. The lowest BCUT2D eigenvalue weighted by atomic mass is 9.98. The third-order valence-corrected chi connectivity index (χ3v) is 5.88. The number of aryl methyl sites for hydroxylation is 1. The second-order valence-electron chi connectivity index (χ2n) is 7.57. The van der Waals surface area contributed by atoms with E-state index in [0.29, 0.717) is 0 Å². The van der Waals surface area contributed by atoms with E-state index in [-0.39, 0.29) is 6.04 Å². The SMILES string of the molecule is Cc1c(-c2ccc(CN[C@@H]3Cc4ccccc4[C@@H]3O)cc2)ccc2nc[nH]c12. The van der Waals surface area contributed by atoms with Crippen LogP contribution in [0.25, 0.3) is 22.2 Å². The van der Waals surface area contributed by atoms with Crippen molar-refractivity contribution in [1.29, 1.82) is 0 Å². The normalized spacial score (nSPS) is 18.5. The fraction of sp³-hybridized carbons (Fsp3) is 0.208. The maximum absolute atomic E-state index is 10.5. The van der Waals surface area contributed by atoms with Crippen LogP contribution in [0.3, 0.4) is 0 Å². The molecule has 0 fully saturated rings. The number of hydrogen-bond donors (Lipinski definition) is 3. The number of aliphatic hydroxyl groups excluding tert-OH is 1. The van der Waals surface area contributed by atoms with Crippen LogP contribution >= 0.6 is 0 Å². The molecule has 1 aromatic heterocycles. The van der Waals surface area contributed by atoms with Gasteiger partial charge in [0.05, 0.1) is 23.5 Å². The number of fused-ring (bicyclic) bond motifs is 2. The van der Waals surface area contributed by atoms with Gasteiger partial charge in [0.25, 0.3) is 0 Å². The second kappa shape index (κ2) is 6.89. The molecular formula is C24H23N3O. The number of hydrogen-bond acceptors (Lipinski definition) is 3. The van der Waals surface area contributed by atoms with Gasteiger partial charge in [0.1, 0.15) is 0 Å². The molecule has 0 radical (unpaired) electrons. The maximum Gasteiger partial charge on any atom is 0.0948 e. The average Bonchev–Trinajstić information content (AvgIpc) is 3.33. The summed E-state index contributed by atoms with van der Waals surface area (Å²) in [6, 6.07) is 21.1. The Kier molecular flexibility index (Phi) is 4.23. The number of imidazole rings is 1. The predicted octanol–water partition coefficient (Wildman–Crippen LogP) is 4.29. The quantitative estimate of drug-likeness (QED) is 0.503. The second-order valence-corrected chi connectivity index (χ2v) is 7.57. The number of rotatable bonds is 4. The lowest BCUT2D eigenvalue weighted by Crippen LogP contribution is -2.32. The van der Waals surface area contributed by atoms with Gasteiger partial charge in [0, 0.05) is 12.6 Å². The lowest BCUT2D eigenvalue weighted by Gasteiger charge is -2.17. The molecule has 1 aliphatic rings. The molecule has 0 saturated heterocycles. The zero-order chi connectivity index (χ0) is 19.1. The van der Waals surface area contributed by atoms with E-state index in [0.717, 1.165) is 29.6 Å². The smallest absolute Gasteiger partial charge is 0.0948 e. The first-order chi connectivity index (χ1) is 13.7. The molecule has 3 N–H and O–H groups in total. The number of nitrogens with one attached hydrogen (secondary N) is 2. The Bertz CT molecular complexity index is 1130. The topological polar surface area (TPSA) is 60.9 Å². The highest BCUT2D eigenvalue weighted by molar-refractivity contribution is 5.86. The predicted molar refractivity (Wildman–Crippen MR) is 112 cm³/mol. The van der Waals surface area contributed by atoms with Gasteiger partial charge in [-0.15, -0.1) is 0 Å². The summed E-state index contributed by atoms with van der Waals surface area (Å²) in [6.07, 6.45) is 2.18. The number of nitrogens with zero attached hydrogens (tertiary/aromatic N) is 1. The van der Waals surface area contributed by atoms with E-state index < -0.39 is 6.10 Å². The van der Waals surface area contributed by atoms with Gasteiger partial charge in [-0.3, -0.25) is 0 Å². The van der Waals surface area contributed by atoms with Crippen molar-refractivity contribution in [2.24, 2.45) is 0 Å². The van der Waals surface area contributed by atoms with E-state index in [9.17, 15) is 5.11 Å². The van der Waals surface area contributed by atoms with Crippen molar-refractivity contribution >= 4 is 11.0 Å². The Morgan fingerprint density at radius 3 is 2.71 bits per heavy atom. The van der Waals surface area contributed by atoms with Crippen molar-refractivity contribution in [2.45, 2.75) is 32.0 Å². The van der Waals surface area contributed by atoms with Crippen LogP contribution in [0.4, 0.5) is 0 Å². The molecule has 0 bridgehead atoms. The Morgan fingerprint density at radius 1 is 1.07 bits per heavy atom. The average molecular weight is 369 g/mol. The maximum atomic E-state index is 10.5. The first kappa shape index (κ1) is 17.2. The van der Waals surface area contributed by atoms with E-state index in [4.69, 9.17) is 0 Å². The van der Waals surface area contributed by atoms with Gasteiger partial charge >= 0.3 is 0 Å². The van der Waals surface area contributed by atoms with Crippen LogP contribution in [0.1, 0.15) is 28.4 Å². The van der Waals surface area contributed by atoms with Crippen LogP contribution < -0.4 is 5.32 Å². The summed E-state index contributed by atoms with van der Waals surface area (Å²) in [7, 11) is 0. The molecule has 5 rings (SSSR count). The standard InChI is InChI=1S/C24H23N3O/c1-15-19(10-11-21-23(15)27-14-26-21)17-8-6-16(7-9-17)13-25-22-12-18-4-2-3-5-20(18)24(22)28/h2-11,14,22,24-25,28H,12-13H2,1H3,(H,26,27)/t22-,24+/m1/s1. The largest absolute Gasteiger partial charge is 0.387 e. The van der Waals surface area contributed by atoms with E-state index in [1.54, 1.807) is 6.33 Å². The molecule has 3 aromatic carbocycles. The molecule has 4 nitrogen and oxygen atoms in total. The minimum absolute atomic E-state index is 0.0714. The highest BCUT2D eigenvalue weighted by atomic mass is 16.3. The fourth-order valence-electron chi connectivity index (χ4n) is 4.28. The van der Waals surface area contributed by atoms with Crippen molar-refractivity contribution < 1.29 is 5.11 Å². The third kappa shape index (κ3) is 2.91. The van der Waals surface area contributed by atoms with Gasteiger partial charge in [-0.25, -0.2) is 4.98 Å². The summed E-state index contributed by atoms with van der Waals surface area (Å²) < 4.78 is 0. The molecule has 0 aliphatic heterocycles. The molecular weight excluding hydrogens is 346 g/mol. The van der Waals surface area contributed by atoms with Crippen LogP contribution in [-0.4, -0.2) is 21.1 Å². The molecule has 4 heteroatoms. The van der Waals surface area contributed by atoms with Crippen molar-refractivity contribution in [3.05, 3.63) is 89.2 Å². The molecule has 2 atom stereocenters. The van der Waals surface area contributed by atoms with Crippen LogP contribution in [0.5, 0.6) is 0 Å². The van der Waals surface area contributed by atoms with Crippen molar-refractivity contribution in [3.63, 3.8) is 0 Å². The van der Waals surface area contributed by atoms with Gasteiger partial charge in [0.2, 0.25) is 0 Å². The molecule has 140 valence electrons. The van der Waals surface area contributed by atoms with Crippen LogP contribution in [-0.2, 0) is 13.0 Å². The van der Waals surface area contributed by atoms with E-state index in [2.05, 4.69) is 64.7 Å². The minimum atomic E-state index is -0.431. The highest BCUT2D eigenvalue weighted by Crippen LogP contribution is 2.31. The Labute approximate surface area is 164 Å². The molecule has 1 heterocycles. The van der Waals surface area contributed by atoms with E-state index in [1.807, 2.05) is 18.2 Å². The summed E-state index contributed by atoms with van der Waals surface area (Å²) in [4.78, 5) is 7.56. The summed E-state index contributed by atoms with van der Waals surface area (Å²) in [6.45, 7) is 2.87. The first-order valence-corrected chi connectivity index (χ1v) is 9.72. The molecule has 1 aliphatic carbocycles. The van der Waals surface area contributed by atoms with Gasteiger partial charge in [-0.2, -0.15) is 0 Å². The van der Waals surface area contributed by atoms with Crippen LogP contribution in [0.2, 0.25) is 0 Å².